The fraction of sp³-hybridized carbons (Fsp3) is 0.160. The van der Waals surface area contributed by atoms with Crippen LogP contribution in [-0.2, 0) is 14.8 Å². The predicted molar refractivity (Wildman–Crippen MR) is 135 cm³/mol. The molecular formula is C25H22N4O4S2. The summed E-state index contributed by atoms with van der Waals surface area (Å²) in [5.41, 5.74) is 3.11. The zero-order valence-electron chi connectivity index (χ0n) is 19.0. The average molecular weight is 507 g/mol. The smallest absolute Gasteiger partial charge is 0.269 e. The Labute approximate surface area is 207 Å². The minimum atomic E-state index is -3.93. The first-order valence-electron chi connectivity index (χ1n) is 10.9. The Bertz CT molecular complexity index is 1490. The van der Waals surface area contributed by atoms with Crippen molar-refractivity contribution in [2.45, 2.75) is 24.8 Å². The number of anilines is 2. The molecule has 1 amide bonds. The van der Waals surface area contributed by atoms with Crippen LogP contribution in [0.15, 0.2) is 77.7 Å². The fourth-order valence-electron chi connectivity index (χ4n) is 3.72. The highest BCUT2D eigenvalue weighted by Crippen LogP contribution is 2.38. The number of ether oxygens (including phenoxy) is 1. The highest BCUT2D eigenvalue weighted by atomic mass is 32.2. The maximum Gasteiger partial charge on any atom is 0.269 e. The van der Waals surface area contributed by atoms with Crippen molar-refractivity contribution >= 4 is 38.1 Å². The highest BCUT2D eigenvalue weighted by molar-refractivity contribution is 7.92. The monoisotopic (exact) mass is 506 g/mol. The first-order chi connectivity index (χ1) is 16.8. The molecule has 0 saturated heterocycles. The van der Waals surface area contributed by atoms with Gasteiger partial charge in [-0.25, -0.2) is 8.42 Å². The molecule has 10 heteroatoms. The van der Waals surface area contributed by atoms with Crippen LogP contribution in [0.3, 0.4) is 0 Å². The molecule has 1 aliphatic heterocycles. The van der Waals surface area contributed by atoms with Gasteiger partial charge in [-0.1, -0.05) is 65.4 Å². The number of fused-ring (bicyclic) bond motifs is 1. The van der Waals surface area contributed by atoms with E-state index in [0.717, 1.165) is 16.7 Å². The number of nitrogens with zero attached hydrogens (tertiary/aromatic N) is 3. The van der Waals surface area contributed by atoms with Gasteiger partial charge in [0.25, 0.3) is 15.9 Å². The summed E-state index contributed by atoms with van der Waals surface area (Å²) in [6, 6.07) is 21.4. The van der Waals surface area contributed by atoms with Crippen molar-refractivity contribution in [3.8, 4) is 16.3 Å². The van der Waals surface area contributed by atoms with Gasteiger partial charge < -0.3 is 4.74 Å². The maximum absolute atomic E-state index is 13.6. The number of nitrogens with one attached hydrogen (secondary N) is 1. The minimum absolute atomic E-state index is 0.147. The Morgan fingerprint density at radius 1 is 1.00 bits per heavy atom. The largest absolute Gasteiger partial charge is 0.476 e. The SMILES string of the molecule is Cc1ccc(S(=O)(=O)N2C[C@@H](C(=O)Nc3nnc(-c4ccccc4)s3)Oc3ccc(C)cc32)cc1. The van der Waals surface area contributed by atoms with Crippen molar-refractivity contribution in [2.24, 2.45) is 0 Å². The molecule has 1 aliphatic rings. The minimum Gasteiger partial charge on any atom is -0.476 e. The number of aryl methyl sites for hydroxylation is 2. The second kappa shape index (κ2) is 9.12. The quantitative estimate of drug-likeness (QED) is 0.430. The summed E-state index contributed by atoms with van der Waals surface area (Å²) in [7, 11) is -3.93. The summed E-state index contributed by atoms with van der Waals surface area (Å²) in [4.78, 5) is 13.3. The van der Waals surface area contributed by atoms with Gasteiger partial charge >= 0.3 is 0 Å². The van der Waals surface area contributed by atoms with Crippen LogP contribution < -0.4 is 14.4 Å². The van der Waals surface area contributed by atoms with E-state index < -0.39 is 22.0 Å². The maximum atomic E-state index is 13.6. The van der Waals surface area contributed by atoms with Crippen LogP contribution in [0.25, 0.3) is 10.6 Å². The number of aromatic nitrogens is 2. The molecule has 0 saturated carbocycles. The molecule has 8 nitrogen and oxygen atoms in total. The summed E-state index contributed by atoms with van der Waals surface area (Å²) in [5.74, 6) is -0.184. The first kappa shape index (κ1) is 23.0. The summed E-state index contributed by atoms with van der Waals surface area (Å²) in [6.07, 6.45) is -1.07. The third kappa shape index (κ3) is 4.62. The lowest BCUT2D eigenvalue weighted by atomic mass is 10.1. The van der Waals surface area contributed by atoms with Gasteiger partial charge in [-0.05, 0) is 43.7 Å². The van der Waals surface area contributed by atoms with Gasteiger partial charge in [0.15, 0.2) is 6.10 Å². The van der Waals surface area contributed by atoms with E-state index in [1.807, 2.05) is 50.2 Å². The van der Waals surface area contributed by atoms with Crippen LogP contribution in [0.1, 0.15) is 11.1 Å². The van der Waals surface area contributed by atoms with Gasteiger partial charge in [-0.15, -0.1) is 10.2 Å². The second-order valence-electron chi connectivity index (χ2n) is 8.19. The number of hydrogen-bond donors (Lipinski definition) is 1. The molecule has 0 fully saturated rings. The number of sulfonamides is 1. The molecule has 4 aromatic rings. The second-order valence-corrected chi connectivity index (χ2v) is 11.0. The molecule has 0 spiro atoms. The molecule has 1 atom stereocenters. The topological polar surface area (TPSA) is 101 Å². The number of benzene rings is 3. The van der Waals surface area contributed by atoms with Crippen molar-refractivity contribution < 1.29 is 17.9 Å². The molecule has 2 heterocycles. The lowest BCUT2D eigenvalue weighted by Gasteiger charge is -2.34. The number of rotatable bonds is 5. The Morgan fingerprint density at radius 2 is 1.71 bits per heavy atom. The Kier molecular flexibility index (Phi) is 6.00. The van der Waals surface area contributed by atoms with Crippen molar-refractivity contribution in [3.05, 3.63) is 83.9 Å². The molecule has 35 heavy (non-hydrogen) atoms. The van der Waals surface area contributed by atoms with E-state index in [0.29, 0.717) is 21.6 Å². The number of carbonyl (C=O) groups excluding carboxylic acids is 1. The fourth-order valence-corrected chi connectivity index (χ4v) is 5.94. The van der Waals surface area contributed by atoms with E-state index >= 15 is 0 Å². The van der Waals surface area contributed by atoms with Crippen LogP contribution in [0, 0.1) is 13.8 Å². The van der Waals surface area contributed by atoms with E-state index in [-0.39, 0.29) is 11.4 Å². The molecule has 178 valence electrons. The van der Waals surface area contributed by atoms with Crippen molar-refractivity contribution in [3.63, 3.8) is 0 Å². The van der Waals surface area contributed by atoms with E-state index in [9.17, 15) is 13.2 Å². The van der Waals surface area contributed by atoms with Crippen LogP contribution in [0.2, 0.25) is 0 Å². The van der Waals surface area contributed by atoms with Gasteiger partial charge in [-0.2, -0.15) is 0 Å². The van der Waals surface area contributed by atoms with Crippen molar-refractivity contribution in [1.29, 1.82) is 0 Å². The summed E-state index contributed by atoms with van der Waals surface area (Å²) in [6.45, 7) is 3.58. The lowest BCUT2D eigenvalue weighted by Crippen LogP contribution is -2.48. The Hall–Kier alpha value is -3.76. The molecule has 0 aliphatic carbocycles. The van der Waals surface area contributed by atoms with Gasteiger partial charge in [0.2, 0.25) is 5.13 Å². The standard InChI is InChI=1S/C25H22N4O4S2/c1-16-8-11-19(12-9-16)35(31,32)29-15-22(33-21-13-10-17(2)14-20(21)29)23(30)26-25-28-27-24(34-25)18-6-4-3-5-7-18/h3-14,22H,15H2,1-2H3,(H,26,28,30)/t22-/m0/s1. The third-order valence-corrected chi connectivity index (χ3v) is 8.24. The van der Waals surface area contributed by atoms with Crippen LogP contribution in [-0.4, -0.2) is 37.2 Å². The van der Waals surface area contributed by atoms with Gasteiger partial charge in [0, 0.05) is 5.56 Å². The molecule has 3 aromatic carbocycles. The molecule has 1 aromatic heterocycles. The van der Waals surface area contributed by atoms with Gasteiger partial charge in [0.1, 0.15) is 10.8 Å². The molecule has 0 bridgehead atoms. The zero-order valence-corrected chi connectivity index (χ0v) is 20.6. The number of carbonyl (C=O) groups is 1. The first-order valence-corrected chi connectivity index (χ1v) is 13.1. The van der Waals surface area contributed by atoms with Gasteiger partial charge in [-0.3, -0.25) is 14.4 Å². The van der Waals surface area contributed by atoms with E-state index in [1.165, 1.54) is 15.6 Å². The average Bonchev–Trinajstić information content (AvgIpc) is 3.32. The van der Waals surface area contributed by atoms with Crippen molar-refractivity contribution in [1.82, 2.24) is 10.2 Å². The molecule has 0 radical (unpaired) electrons. The predicted octanol–water partition coefficient (Wildman–Crippen LogP) is 4.42. The van der Waals surface area contributed by atoms with E-state index in [4.69, 9.17) is 4.74 Å². The zero-order chi connectivity index (χ0) is 24.6. The normalized spacial score (nSPS) is 15.3. The molecule has 1 N–H and O–H groups in total. The van der Waals surface area contributed by atoms with E-state index in [1.54, 1.807) is 36.4 Å². The highest BCUT2D eigenvalue weighted by Gasteiger charge is 2.38. The number of hydrogen-bond acceptors (Lipinski definition) is 7. The molecule has 5 rings (SSSR count). The third-order valence-electron chi connectivity index (χ3n) is 5.56. The van der Waals surface area contributed by atoms with E-state index in [2.05, 4.69) is 15.5 Å². The lowest BCUT2D eigenvalue weighted by molar-refractivity contribution is -0.122. The van der Waals surface area contributed by atoms with Crippen molar-refractivity contribution in [2.75, 3.05) is 16.2 Å². The van der Waals surface area contributed by atoms with Crippen LogP contribution >= 0.6 is 11.3 Å². The van der Waals surface area contributed by atoms with Crippen LogP contribution in [0.4, 0.5) is 10.8 Å². The molecule has 0 unspecified atom stereocenters. The summed E-state index contributed by atoms with van der Waals surface area (Å²) in [5, 5.41) is 11.9. The molecular weight excluding hydrogens is 484 g/mol. The summed E-state index contributed by atoms with van der Waals surface area (Å²) >= 11 is 1.23. The Morgan fingerprint density at radius 3 is 2.46 bits per heavy atom. The summed E-state index contributed by atoms with van der Waals surface area (Å²) < 4.78 is 34.3. The number of amides is 1. The van der Waals surface area contributed by atoms with Gasteiger partial charge in [0.05, 0.1) is 17.1 Å². The van der Waals surface area contributed by atoms with Crippen LogP contribution in [0.5, 0.6) is 5.75 Å². The Balaban J connectivity index is 1.43.